The van der Waals surface area contributed by atoms with Gasteiger partial charge < -0.3 is 14.6 Å². The second-order valence-corrected chi connectivity index (χ2v) is 11.6. The molecular weight excluding hydrogens is 472 g/mol. The Morgan fingerprint density at radius 2 is 0.868 bits per heavy atom. The first-order valence-electron chi connectivity index (χ1n) is 17.1. The number of esters is 1. The molecule has 0 aromatic heterocycles. The maximum Gasteiger partial charge on any atom is 0.306 e. The zero-order chi connectivity index (χ0) is 27.8. The van der Waals surface area contributed by atoms with Crippen LogP contribution in [-0.4, -0.2) is 37.0 Å². The average Bonchev–Trinajstić information content (AvgIpc) is 2.92. The highest BCUT2D eigenvalue weighted by molar-refractivity contribution is 5.69. The van der Waals surface area contributed by atoms with Crippen molar-refractivity contribution in [3.05, 3.63) is 0 Å². The Labute approximate surface area is 238 Å². The summed E-state index contributed by atoms with van der Waals surface area (Å²) >= 11 is 0. The molecule has 0 heterocycles. The fraction of sp³-hybridized carbons (Fsp3) is 0.971. The lowest BCUT2D eigenvalue weighted by atomic mass is 10.0. The highest BCUT2D eigenvalue weighted by atomic mass is 16.6. The summed E-state index contributed by atoms with van der Waals surface area (Å²) in [5.41, 5.74) is 0. The normalized spacial score (nSPS) is 12.2. The van der Waals surface area contributed by atoms with Crippen LogP contribution < -0.4 is 0 Å². The van der Waals surface area contributed by atoms with E-state index in [4.69, 9.17) is 9.47 Å². The van der Waals surface area contributed by atoms with E-state index in [1.807, 2.05) is 0 Å². The van der Waals surface area contributed by atoms with Crippen molar-refractivity contribution in [2.75, 3.05) is 19.8 Å². The van der Waals surface area contributed by atoms with E-state index < -0.39 is 6.10 Å². The van der Waals surface area contributed by atoms with E-state index in [0.29, 0.717) is 19.6 Å². The molecule has 0 aliphatic carbocycles. The summed E-state index contributed by atoms with van der Waals surface area (Å²) < 4.78 is 11.1. The topological polar surface area (TPSA) is 55.8 Å². The van der Waals surface area contributed by atoms with Crippen LogP contribution in [0.5, 0.6) is 0 Å². The summed E-state index contributed by atoms with van der Waals surface area (Å²) in [6, 6.07) is 0. The molecule has 0 saturated carbocycles. The van der Waals surface area contributed by atoms with Gasteiger partial charge in [-0.15, -0.1) is 0 Å². The number of unbranched alkanes of at least 4 members (excludes halogenated alkanes) is 24. The molecule has 0 fully saturated rings. The third-order valence-corrected chi connectivity index (χ3v) is 7.68. The Kier molecular flexibility index (Phi) is 32.1. The summed E-state index contributed by atoms with van der Waals surface area (Å²) in [5, 5.41) is 9.51. The molecule has 0 bridgehead atoms. The van der Waals surface area contributed by atoms with Gasteiger partial charge in [0.2, 0.25) is 0 Å². The Hall–Kier alpha value is -0.610. The molecule has 0 aliphatic rings. The Balaban J connectivity index is 3.39. The number of hydrogen-bond acceptors (Lipinski definition) is 4. The number of aliphatic hydroxyl groups excluding tert-OH is 1. The van der Waals surface area contributed by atoms with Crippen LogP contribution in [0.1, 0.15) is 187 Å². The highest BCUT2D eigenvalue weighted by Crippen LogP contribution is 2.14. The third-order valence-electron chi connectivity index (χ3n) is 7.68. The minimum absolute atomic E-state index is 0.164. The smallest absolute Gasteiger partial charge is 0.306 e. The molecule has 4 nitrogen and oxygen atoms in total. The predicted molar refractivity (Wildman–Crippen MR) is 164 cm³/mol. The van der Waals surface area contributed by atoms with E-state index in [2.05, 4.69) is 13.8 Å². The lowest BCUT2D eigenvalue weighted by Crippen LogP contribution is -2.27. The highest BCUT2D eigenvalue weighted by Gasteiger charge is 2.13. The molecule has 1 unspecified atom stereocenters. The van der Waals surface area contributed by atoms with Crippen LogP contribution in [0.15, 0.2) is 0 Å². The van der Waals surface area contributed by atoms with Gasteiger partial charge in [-0.25, -0.2) is 0 Å². The van der Waals surface area contributed by atoms with Crippen LogP contribution >= 0.6 is 0 Å². The van der Waals surface area contributed by atoms with Gasteiger partial charge >= 0.3 is 5.97 Å². The van der Waals surface area contributed by atoms with E-state index in [-0.39, 0.29) is 12.6 Å². The van der Waals surface area contributed by atoms with E-state index in [1.165, 1.54) is 148 Å². The lowest BCUT2D eigenvalue weighted by Gasteiger charge is -2.16. The fourth-order valence-electron chi connectivity index (χ4n) is 5.09. The molecule has 0 amide bonds. The molecule has 38 heavy (non-hydrogen) atoms. The standard InChI is InChI=1S/C34H68O4/c1-3-5-7-9-11-13-15-16-17-18-19-21-23-25-27-29-34(36)38-33(31-35)32-37-30-28-26-24-22-20-14-12-10-8-6-4-2/h33,35H,3-32H2,1-2H3. The number of carbonyl (C=O) groups is 1. The zero-order valence-corrected chi connectivity index (χ0v) is 26.0. The number of carbonyl (C=O) groups excluding carboxylic acids is 1. The second-order valence-electron chi connectivity index (χ2n) is 11.6. The Morgan fingerprint density at radius 1 is 0.526 bits per heavy atom. The average molecular weight is 541 g/mol. The van der Waals surface area contributed by atoms with Crippen LogP contribution in [0.2, 0.25) is 0 Å². The maximum absolute atomic E-state index is 12.1. The first-order chi connectivity index (χ1) is 18.7. The van der Waals surface area contributed by atoms with Crippen molar-refractivity contribution in [1.82, 2.24) is 0 Å². The van der Waals surface area contributed by atoms with Crippen LogP contribution in [0.25, 0.3) is 0 Å². The van der Waals surface area contributed by atoms with Crippen molar-refractivity contribution in [3.8, 4) is 0 Å². The minimum atomic E-state index is -0.522. The molecule has 0 saturated heterocycles. The van der Waals surface area contributed by atoms with Gasteiger partial charge in [0.15, 0.2) is 0 Å². The van der Waals surface area contributed by atoms with Crippen molar-refractivity contribution in [3.63, 3.8) is 0 Å². The SMILES string of the molecule is CCCCCCCCCCCCCCCCCC(=O)OC(CO)COCCCCCCCCCCCCC. The minimum Gasteiger partial charge on any atom is -0.457 e. The van der Waals surface area contributed by atoms with Crippen molar-refractivity contribution < 1.29 is 19.4 Å². The molecule has 4 heteroatoms. The van der Waals surface area contributed by atoms with Crippen LogP contribution in [0.4, 0.5) is 0 Å². The van der Waals surface area contributed by atoms with Crippen molar-refractivity contribution >= 4 is 5.97 Å². The molecule has 228 valence electrons. The van der Waals surface area contributed by atoms with Gasteiger partial charge in [0, 0.05) is 13.0 Å². The summed E-state index contributed by atoms with van der Waals surface area (Å²) in [6.07, 6.45) is 34.1. The fourth-order valence-corrected chi connectivity index (χ4v) is 5.09. The van der Waals surface area contributed by atoms with Crippen molar-refractivity contribution in [2.24, 2.45) is 0 Å². The van der Waals surface area contributed by atoms with Gasteiger partial charge in [-0.1, -0.05) is 168 Å². The van der Waals surface area contributed by atoms with E-state index in [9.17, 15) is 9.90 Å². The molecule has 0 aromatic carbocycles. The van der Waals surface area contributed by atoms with E-state index in [0.717, 1.165) is 19.3 Å². The summed E-state index contributed by atoms with van der Waals surface area (Å²) in [7, 11) is 0. The predicted octanol–water partition coefficient (Wildman–Crippen LogP) is 10.5. The van der Waals surface area contributed by atoms with Crippen LogP contribution in [0.3, 0.4) is 0 Å². The monoisotopic (exact) mass is 541 g/mol. The van der Waals surface area contributed by atoms with Gasteiger partial charge in [-0.05, 0) is 12.8 Å². The number of ether oxygens (including phenoxy) is 2. The van der Waals surface area contributed by atoms with Gasteiger partial charge in [0.25, 0.3) is 0 Å². The first kappa shape index (κ1) is 37.4. The molecule has 0 aliphatic heterocycles. The van der Waals surface area contributed by atoms with Crippen molar-refractivity contribution in [2.45, 2.75) is 193 Å². The van der Waals surface area contributed by atoms with Crippen LogP contribution in [-0.2, 0) is 14.3 Å². The summed E-state index contributed by atoms with van der Waals surface area (Å²) in [4.78, 5) is 12.1. The van der Waals surface area contributed by atoms with Gasteiger partial charge in [-0.3, -0.25) is 4.79 Å². The Morgan fingerprint density at radius 3 is 1.24 bits per heavy atom. The number of aliphatic hydroxyl groups is 1. The molecule has 0 spiro atoms. The second kappa shape index (κ2) is 32.6. The van der Waals surface area contributed by atoms with Crippen LogP contribution in [0, 0.1) is 0 Å². The van der Waals surface area contributed by atoms with Gasteiger partial charge in [0.05, 0.1) is 13.2 Å². The number of hydrogen-bond donors (Lipinski definition) is 1. The quantitative estimate of drug-likeness (QED) is 0.0681. The molecule has 0 radical (unpaired) electrons. The van der Waals surface area contributed by atoms with E-state index >= 15 is 0 Å². The molecule has 1 atom stereocenters. The first-order valence-corrected chi connectivity index (χ1v) is 17.1. The molecular formula is C34H68O4. The summed E-state index contributed by atoms with van der Waals surface area (Å²) in [6.45, 7) is 5.37. The van der Waals surface area contributed by atoms with Gasteiger partial charge in [-0.2, -0.15) is 0 Å². The van der Waals surface area contributed by atoms with Crippen molar-refractivity contribution in [1.29, 1.82) is 0 Å². The zero-order valence-electron chi connectivity index (χ0n) is 26.0. The van der Waals surface area contributed by atoms with E-state index in [1.54, 1.807) is 0 Å². The molecule has 0 rings (SSSR count). The third kappa shape index (κ3) is 29.9. The summed E-state index contributed by atoms with van der Waals surface area (Å²) in [5.74, 6) is -0.197. The maximum atomic E-state index is 12.1. The lowest BCUT2D eigenvalue weighted by molar-refractivity contribution is -0.154. The number of rotatable bonds is 32. The molecule has 0 aromatic rings. The van der Waals surface area contributed by atoms with Gasteiger partial charge in [0.1, 0.15) is 6.10 Å². The Bertz CT molecular complexity index is 454. The largest absolute Gasteiger partial charge is 0.457 e. The molecule has 1 N–H and O–H groups in total.